The molecular formula is C17H24N4O2S. The monoisotopic (exact) mass is 348 g/mol. The molecule has 0 bridgehead atoms. The predicted octanol–water partition coefficient (Wildman–Crippen LogP) is 2.47. The summed E-state index contributed by atoms with van der Waals surface area (Å²) in [5.74, 6) is 0.300. The number of sulfonamides is 1. The Bertz CT molecular complexity index is 787. The number of anilines is 2. The van der Waals surface area contributed by atoms with Crippen LogP contribution in [0, 0.1) is 13.8 Å². The van der Waals surface area contributed by atoms with Crippen molar-refractivity contribution in [3.8, 4) is 0 Å². The van der Waals surface area contributed by atoms with Crippen LogP contribution in [0.25, 0.3) is 0 Å². The SMILES string of the molecule is Cc1ccc(C)c(S(=O)(=O)Nc2ccc(NCCN(C)C)cn2)c1. The first kappa shape index (κ1) is 18.2. The van der Waals surface area contributed by atoms with Gasteiger partial charge in [-0.25, -0.2) is 13.4 Å². The third-order valence-corrected chi connectivity index (χ3v) is 5.02. The third kappa shape index (κ3) is 4.94. The molecule has 1 aromatic heterocycles. The Labute approximate surface area is 144 Å². The fourth-order valence-electron chi connectivity index (χ4n) is 2.17. The molecule has 24 heavy (non-hydrogen) atoms. The first-order valence-corrected chi connectivity index (χ1v) is 9.21. The fraction of sp³-hybridized carbons (Fsp3) is 0.353. The summed E-state index contributed by atoms with van der Waals surface area (Å²) in [6.45, 7) is 5.34. The van der Waals surface area contributed by atoms with Gasteiger partial charge in [-0.3, -0.25) is 4.72 Å². The summed E-state index contributed by atoms with van der Waals surface area (Å²) in [5, 5.41) is 3.23. The maximum Gasteiger partial charge on any atom is 0.263 e. The molecule has 2 N–H and O–H groups in total. The summed E-state index contributed by atoms with van der Waals surface area (Å²) in [5.41, 5.74) is 2.45. The zero-order chi connectivity index (χ0) is 17.7. The third-order valence-electron chi connectivity index (χ3n) is 3.52. The van der Waals surface area contributed by atoms with E-state index >= 15 is 0 Å². The highest BCUT2D eigenvalue weighted by atomic mass is 32.2. The summed E-state index contributed by atoms with van der Waals surface area (Å²) >= 11 is 0. The standard InChI is InChI=1S/C17H24N4O2S/c1-13-5-6-14(2)16(11-13)24(22,23)20-17-8-7-15(12-19-17)18-9-10-21(3)4/h5-8,11-12,18H,9-10H2,1-4H3,(H,19,20). The van der Waals surface area contributed by atoms with Crippen LogP contribution in [0.5, 0.6) is 0 Å². The minimum absolute atomic E-state index is 0.275. The minimum Gasteiger partial charge on any atom is -0.383 e. The Morgan fingerprint density at radius 1 is 1.12 bits per heavy atom. The number of aryl methyl sites for hydroxylation is 2. The van der Waals surface area contributed by atoms with E-state index in [9.17, 15) is 8.42 Å². The molecular weight excluding hydrogens is 324 g/mol. The van der Waals surface area contributed by atoms with E-state index in [1.165, 1.54) is 0 Å². The van der Waals surface area contributed by atoms with Gasteiger partial charge in [0, 0.05) is 13.1 Å². The van der Waals surface area contributed by atoms with E-state index in [1.54, 1.807) is 31.3 Å². The van der Waals surface area contributed by atoms with Gasteiger partial charge in [-0.1, -0.05) is 12.1 Å². The van der Waals surface area contributed by atoms with Crippen LogP contribution >= 0.6 is 0 Å². The van der Waals surface area contributed by atoms with Gasteiger partial charge in [-0.15, -0.1) is 0 Å². The van der Waals surface area contributed by atoms with Crippen molar-refractivity contribution in [2.24, 2.45) is 0 Å². The van der Waals surface area contributed by atoms with Gasteiger partial charge in [-0.05, 0) is 57.3 Å². The lowest BCUT2D eigenvalue weighted by molar-refractivity contribution is 0.425. The molecule has 0 aliphatic heterocycles. The number of nitrogens with zero attached hydrogens (tertiary/aromatic N) is 2. The maximum absolute atomic E-state index is 12.5. The molecule has 6 nitrogen and oxygen atoms in total. The lowest BCUT2D eigenvalue weighted by Crippen LogP contribution is -2.20. The molecule has 0 unspecified atom stereocenters. The van der Waals surface area contributed by atoms with Gasteiger partial charge in [0.1, 0.15) is 5.82 Å². The average molecular weight is 348 g/mol. The molecule has 0 aliphatic carbocycles. The fourth-order valence-corrected chi connectivity index (χ4v) is 3.51. The van der Waals surface area contributed by atoms with Crippen molar-refractivity contribution in [2.75, 3.05) is 37.2 Å². The Morgan fingerprint density at radius 3 is 2.50 bits per heavy atom. The molecule has 0 aliphatic rings. The molecule has 1 aromatic carbocycles. The van der Waals surface area contributed by atoms with Crippen LogP contribution in [0.4, 0.5) is 11.5 Å². The Kier molecular flexibility index (Phi) is 5.80. The second-order valence-corrected chi connectivity index (χ2v) is 7.69. The van der Waals surface area contributed by atoms with Gasteiger partial charge in [-0.2, -0.15) is 0 Å². The first-order chi connectivity index (χ1) is 11.3. The quantitative estimate of drug-likeness (QED) is 0.804. The summed E-state index contributed by atoms with van der Waals surface area (Å²) in [6.07, 6.45) is 1.62. The maximum atomic E-state index is 12.5. The number of pyridine rings is 1. The topological polar surface area (TPSA) is 74.3 Å². The minimum atomic E-state index is -3.65. The molecule has 0 fully saturated rings. The highest BCUT2D eigenvalue weighted by Gasteiger charge is 2.17. The summed E-state index contributed by atoms with van der Waals surface area (Å²) in [7, 11) is 0.363. The molecule has 2 aromatic rings. The molecule has 0 saturated carbocycles. The zero-order valence-corrected chi connectivity index (χ0v) is 15.3. The summed E-state index contributed by atoms with van der Waals surface area (Å²) < 4.78 is 27.6. The Hall–Kier alpha value is -2.12. The van der Waals surface area contributed by atoms with Gasteiger partial charge < -0.3 is 10.2 Å². The molecule has 0 amide bonds. The Balaban J connectivity index is 2.08. The van der Waals surface area contributed by atoms with Crippen molar-refractivity contribution >= 4 is 21.5 Å². The number of likely N-dealkylation sites (N-methyl/N-ethyl adjacent to an activating group) is 1. The van der Waals surface area contributed by atoms with Crippen LogP contribution in [0.3, 0.4) is 0 Å². The van der Waals surface area contributed by atoms with E-state index in [0.717, 1.165) is 24.3 Å². The van der Waals surface area contributed by atoms with Crippen LogP contribution in [-0.2, 0) is 10.0 Å². The summed E-state index contributed by atoms with van der Waals surface area (Å²) in [6, 6.07) is 8.81. The number of aromatic nitrogens is 1. The van der Waals surface area contributed by atoms with E-state index in [1.807, 2.05) is 33.2 Å². The van der Waals surface area contributed by atoms with E-state index in [-0.39, 0.29) is 4.90 Å². The molecule has 130 valence electrons. The van der Waals surface area contributed by atoms with E-state index in [0.29, 0.717) is 11.4 Å². The number of nitrogens with one attached hydrogen (secondary N) is 2. The van der Waals surface area contributed by atoms with Crippen molar-refractivity contribution in [3.63, 3.8) is 0 Å². The molecule has 0 radical (unpaired) electrons. The number of hydrogen-bond donors (Lipinski definition) is 2. The van der Waals surface area contributed by atoms with Crippen LogP contribution in [-0.4, -0.2) is 45.5 Å². The molecule has 1 heterocycles. The predicted molar refractivity (Wildman–Crippen MR) is 98.0 cm³/mol. The van der Waals surface area contributed by atoms with Crippen LogP contribution in [0.1, 0.15) is 11.1 Å². The molecule has 2 rings (SSSR count). The van der Waals surface area contributed by atoms with Crippen molar-refractivity contribution in [1.29, 1.82) is 0 Å². The normalized spacial score (nSPS) is 11.5. The molecule has 0 spiro atoms. The van der Waals surface area contributed by atoms with Gasteiger partial charge >= 0.3 is 0 Å². The van der Waals surface area contributed by atoms with Crippen LogP contribution in [0.15, 0.2) is 41.4 Å². The van der Waals surface area contributed by atoms with E-state index < -0.39 is 10.0 Å². The van der Waals surface area contributed by atoms with Gasteiger partial charge in [0.2, 0.25) is 0 Å². The second-order valence-electron chi connectivity index (χ2n) is 6.04. The van der Waals surface area contributed by atoms with Crippen molar-refractivity contribution in [2.45, 2.75) is 18.7 Å². The van der Waals surface area contributed by atoms with Crippen molar-refractivity contribution in [3.05, 3.63) is 47.7 Å². The molecule has 0 saturated heterocycles. The van der Waals surface area contributed by atoms with E-state index in [2.05, 4.69) is 19.9 Å². The average Bonchev–Trinajstić information content (AvgIpc) is 2.51. The summed E-state index contributed by atoms with van der Waals surface area (Å²) in [4.78, 5) is 6.52. The van der Waals surface area contributed by atoms with Crippen molar-refractivity contribution in [1.82, 2.24) is 9.88 Å². The van der Waals surface area contributed by atoms with Crippen molar-refractivity contribution < 1.29 is 8.42 Å². The van der Waals surface area contributed by atoms with Gasteiger partial charge in [0.15, 0.2) is 0 Å². The van der Waals surface area contributed by atoms with Gasteiger partial charge in [0.05, 0.1) is 16.8 Å². The molecule has 7 heteroatoms. The van der Waals surface area contributed by atoms with E-state index in [4.69, 9.17) is 0 Å². The smallest absolute Gasteiger partial charge is 0.263 e. The largest absolute Gasteiger partial charge is 0.383 e. The Morgan fingerprint density at radius 2 is 1.88 bits per heavy atom. The molecule has 0 atom stereocenters. The highest BCUT2D eigenvalue weighted by Crippen LogP contribution is 2.20. The number of hydrogen-bond acceptors (Lipinski definition) is 5. The zero-order valence-electron chi connectivity index (χ0n) is 14.5. The number of benzene rings is 1. The second kappa shape index (κ2) is 7.63. The van der Waals surface area contributed by atoms with Gasteiger partial charge in [0.25, 0.3) is 10.0 Å². The number of rotatable bonds is 7. The first-order valence-electron chi connectivity index (χ1n) is 7.72. The highest BCUT2D eigenvalue weighted by molar-refractivity contribution is 7.92. The lowest BCUT2D eigenvalue weighted by Gasteiger charge is -2.12. The van der Waals surface area contributed by atoms with Crippen LogP contribution in [0.2, 0.25) is 0 Å². The lowest BCUT2D eigenvalue weighted by atomic mass is 10.2. The van der Waals surface area contributed by atoms with Crippen LogP contribution < -0.4 is 10.0 Å².